The van der Waals surface area contributed by atoms with Gasteiger partial charge < -0.3 is 5.32 Å². The van der Waals surface area contributed by atoms with Crippen molar-refractivity contribution in [3.8, 4) is 0 Å². The van der Waals surface area contributed by atoms with Gasteiger partial charge in [-0.3, -0.25) is 14.8 Å². The van der Waals surface area contributed by atoms with Crippen LogP contribution in [0.3, 0.4) is 0 Å². The molecule has 2 aliphatic carbocycles. The second-order valence-corrected chi connectivity index (χ2v) is 17.6. The predicted molar refractivity (Wildman–Crippen MR) is 201 cm³/mol. The number of Topliss-reactive ketones (excluding diaryl/α,β-unsaturated/α-hetero) is 1. The van der Waals surface area contributed by atoms with Gasteiger partial charge in [-0.25, -0.2) is 8.42 Å². The summed E-state index contributed by atoms with van der Waals surface area (Å²) in [5.41, 5.74) is 6.19. The number of nitrogens with zero attached hydrogens (tertiary/aromatic N) is 2. The second-order valence-electron chi connectivity index (χ2n) is 15.4. The minimum Gasteiger partial charge on any atom is -0.377 e. The van der Waals surface area contributed by atoms with Crippen LogP contribution < -0.4 is 5.32 Å². The van der Waals surface area contributed by atoms with E-state index in [1.165, 1.54) is 48.9 Å². The zero-order valence-electron chi connectivity index (χ0n) is 30.0. The number of ketones is 1. The van der Waals surface area contributed by atoms with Crippen molar-refractivity contribution in [2.24, 2.45) is 33.7 Å². The molecule has 0 saturated heterocycles. The van der Waals surface area contributed by atoms with Gasteiger partial charge in [0, 0.05) is 30.5 Å². The Bertz CT molecular complexity index is 1450. The number of benzene rings is 1. The molecule has 0 spiro atoms. The number of aliphatic imine (C=N–C) groups is 2. The van der Waals surface area contributed by atoms with Gasteiger partial charge in [0.25, 0.3) is 0 Å². The summed E-state index contributed by atoms with van der Waals surface area (Å²) in [5.74, 6) is 2.02. The maximum atomic E-state index is 13.7. The lowest BCUT2D eigenvalue weighted by Gasteiger charge is -2.25. The van der Waals surface area contributed by atoms with Crippen molar-refractivity contribution in [2.75, 3.05) is 18.4 Å². The Balaban J connectivity index is 1.13. The van der Waals surface area contributed by atoms with E-state index in [1.54, 1.807) is 17.7 Å². The molecule has 0 aromatic heterocycles. The summed E-state index contributed by atoms with van der Waals surface area (Å²) >= 11 is 0. The fourth-order valence-corrected chi connectivity index (χ4v) is 10.5. The molecule has 2 aliphatic heterocycles. The van der Waals surface area contributed by atoms with E-state index in [4.69, 9.17) is 9.98 Å². The highest BCUT2D eigenvalue weighted by Gasteiger charge is 2.31. The van der Waals surface area contributed by atoms with Crippen LogP contribution in [0.5, 0.6) is 0 Å². The van der Waals surface area contributed by atoms with Gasteiger partial charge in [-0.05, 0) is 113 Å². The Labute approximate surface area is 291 Å². The lowest BCUT2D eigenvalue weighted by atomic mass is 9.82. The molecule has 264 valence electrons. The third kappa shape index (κ3) is 9.79. The van der Waals surface area contributed by atoms with E-state index in [9.17, 15) is 13.2 Å². The van der Waals surface area contributed by atoms with Gasteiger partial charge in [0.1, 0.15) is 0 Å². The highest BCUT2D eigenvalue weighted by atomic mass is 32.2. The van der Waals surface area contributed by atoms with Crippen LogP contribution in [-0.2, 0) is 14.6 Å². The average molecular weight is 676 g/mol. The Kier molecular flexibility index (Phi) is 13.7. The zero-order chi connectivity index (χ0) is 33.9. The van der Waals surface area contributed by atoms with E-state index in [0.29, 0.717) is 28.3 Å². The molecule has 1 aromatic carbocycles. The van der Waals surface area contributed by atoms with Gasteiger partial charge in [0.2, 0.25) is 0 Å². The molecule has 2 saturated carbocycles. The summed E-state index contributed by atoms with van der Waals surface area (Å²) in [6.07, 6.45) is 23.2. The zero-order valence-corrected chi connectivity index (χ0v) is 30.8. The predicted octanol–water partition coefficient (Wildman–Crippen LogP) is 10.1. The average Bonchev–Trinajstić information content (AvgIpc) is 3.30. The van der Waals surface area contributed by atoms with E-state index in [-0.39, 0.29) is 23.5 Å². The fourth-order valence-electron chi connectivity index (χ4n) is 8.50. The molecule has 1 N–H and O–H groups in total. The highest BCUT2D eigenvalue weighted by molar-refractivity contribution is 7.92. The molecule has 6 nitrogen and oxygen atoms in total. The number of carbonyl (C=O) groups excluding carboxylic acids is 1. The third-order valence-corrected chi connectivity index (χ3v) is 14.0. The minimum absolute atomic E-state index is 0.0527. The molecule has 4 aliphatic rings. The topological polar surface area (TPSA) is 88.0 Å². The van der Waals surface area contributed by atoms with Crippen molar-refractivity contribution in [1.82, 2.24) is 0 Å². The molecule has 1 aromatic rings. The fraction of sp³-hybridized carbons (Fsp3) is 0.683. The first-order chi connectivity index (χ1) is 23.2. The van der Waals surface area contributed by atoms with E-state index < -0.39 is 9.84 Å². The van der Waals surface area contributed by atoms with Crippen molar-refractivity contribution >= 4 is 33.7 Å². The van der Waals surface area contributed by atoms with Gasteiger partial charge in [-0.2, -0.15) is 0 Å². The van der Waals surface area contributed by atoms with Gasteiger partial charge in [0.05, 0.1) is 28.1 Å². The van der Waals surface area contributed by atoms with Gasteiger partial charge >= 0.3 is 0 Å². The smallest absolute Gasteiger partial charge is 0.183 e. The number of hydrogen-bond donors (Lipinski definition) is 1. The van der Waals surface area contributed by atoms with Gasteiger partial charge in [-0.15, -0.1) is 0 Å². The van der Waals surface area contributed by atoms with Crippen LogP contribution in [-0.4, -0.2) is 45.0 Å². The quantitative estimate of drug-likeness (QED) is 0.282. The van der Waals surface area contributed by atoms with Crippen molar-refractivity contribution < 1.29 is 13.2 Å². The molecular weight excluding hydrogens is 615 g/mol. The van der Waals surface area contributed by atoms with Crippen LogP contribution in [0, 0.1) is 23.7 Å². The lowest BCUT2D eigenvalue weighted by molar-refractivity contribution is -0.120. The van der Waals surface area contributed by atoms with Crippen molar-refractivity contribution in [2.45, 2.75) is 146 Å². The molecule has 5 rings (SSSR count). The number of carbonyl (C=O) groups is 1. The summed E-state index contributed by atoms with van der Waals surface area (Å²) in [6.45, 7) is 7.77. The molecule has 2 unspecified atom stereocenters. The summed E-state index contributed by atoms with van der Waals surface area (Å²) in [7, 11) is -3.47. The first-order valence-electron chi connectivity index (χ1n) is 19.3. The first-order valence-corrected chi connectivity index (χ1v) is 20.9. The van der Waals surface area contributed by atoms with E-state index >= 15 is 0 Å². The molecule has 7 heteroatoms. The van der Waals surface area contributed by atoms with Gasteiger partial charge in [-0.1, -0.05) is 77.0 Å². The van der Waals surface area contributed by atoms with Crippen LogP contribution in [0.25, 0.3) is 0 Å². The first kappa shape index (κ1) is 36.7. The molecule has 0 bridgehead atoms. The normalized spacial score (nSPS) is 27.0. The van der Waals surface area contributed by atoms with Crippen molar-refractivity contribution in [1.29, 1.82) is 0 Å². The van der Waals surface area contributed by atoms with Crippen LogP contribution in [0.4, 0.5) is 5.69 Å². The molecule has 2 heterocycles. The van der Waals surface area contributed by atoms with E-state index in [0.717, 1.165) is 90.0 Å². The largest absolute Gasteiger partial charge is 0.377 e. The van der Waals surface area contributed by atoms with E-state index in [2.05, 4.69) is 31.6 Å². The molecule has 2 fully saturated rings. The van der Waals surface area contributed by atoms with Crippen LogP contribution in [0.2, 0.25) is 0 Å². The number of nitrogens with one attached hydrogen (secondary N) is 1. The third-order valence-electron chi connectivity index (χ3n) is 11.7. The summed E-state index contributed by atoms with van der Waals surface area (Å²) in [5, 5.41) is 2.90. The maximum Gasteiger partial charge on any atom is 0.183 e. The molecule has 48 heavy (non-hydrogen) atoms. The Hall–Kier alpha value is -2.54. The second kappa shape index (κ2) is 17.9. The monoisotopic (exact) mass is 675 g/mol. The number of hydrogen-bond acceptors (Lipinski definition) is 6. The Morgan fingerprint density at radius 3 is 2.40 bits per heavy atom. The number of allylic oxidation sites excluding steroid dienone is 3. The highest BCUT2D eigenvalue weighted by Crippen LogP contribution is 2.37. The summed E-state index contributed by atoms with van der Waals surface area (Å²) in [6, 6.07) is 7.19. The van der Waals surface area contributed by atoms with E-state index in [1.807, 2.05) is 19.1 Å². The minimum atomic E-state index is -3.47. The van der Waals surface area contributed by atoms with Crippen LogP contribution in [0.1, 0.15) is 136 Å². The molecule has 0 radical (unpaired) electrons. The molecule has 2 atom stereocenters. The molecule has 0 amide bonds. The summed E-state index contributed by atoms with van der Waals surface area (Å²) in [4.78, 5) is 23.4. The number of sulfone groups is 1. The van der Waals surface area contributed by atoms with Crippen molar-refractivity contribution in [3.05, 3.63) is 46.7 Å². The number of rotatable bonds is 9. The Morgan fingerprint density at radius 2 is 1.65 bits per heavy atom. The number of para-hydroxylation sites is 1. The lowest BCUT2D eigenvalue weighted by Crippen LogP contribution is -2.26. The molecular formula is C41H61N3O3S. The Morgan fingerprint density at radius 1 is 0.917 bits per heavy atom. The van der Waals surface area contributed by atoms with Crippen LogP contribution >= 0.6 is 0 Å². The maximum absolute atomic E-state index is 13.7. The summed E-state index contributed by atoms with van der Waals surface area (Å²) < 4.78 is 27.5. The van der Waals surface area contributed by atoms with Crippen molar-refractivity contribution in [3.63, 3.8) is 0 Å². The number of anilines is 1. The SMILES string of the molecule is CC1CCCC(S(=O)(=O)c2ccccc2NCC(=O)C(C)CCC2CCCC(=C3N=CCCC(C)C4=C3C=NCCC4)CCC2)CCC1. The standard InChI is InChI=1S/C41H61N3O3S/c1-30-12-6-19-35(20-7-13-30)48(46,47)40-23-5-4-22-38(40)44-29-39(45)32(3)24-25-33-15-8-17-34(18-9-16-33)41-37-28-42-26-11-21-36(37)31(2)14-10-27-43-41/h4-5,22-23,27-28,30-33,35,44H,6-21,24-26,29H2,1-3H3. The van der Waals surface area contributed by atoms with Crippen LogP contribution in [0.15, 0.2) is 61.6 Å². The van der Waals surface area contributed by atoms with Gasteiger partial charge in [0.15, 0.2) is 15.6 Å².